The monoisotopic (exact) mass is 870 g/mol. The van der Waals surface area contributed by atoms with Crippen molar-refractivity contribution in [2.45, 2.75) is 57.8 Å². The average molecular weight is 869 g/mol. The number of aromatic nitrogens is 2. The molecule has 48 heavy (non-hydrogen) atoms. The molecule has 0 unspecified atom stereocenters. The smallest absolute Gasteiger partial charge is 0 e. The molecule has 3 nitrogen and oxygen atoms in total. The van der Waals surface area contributed by atoms with Crippen LogP contribution >= 0.6 is 0 Å². The number of furan rings is 1. The van der Waals surface area contributed by atoms with Gasteiger partial charge in [0, 0.05) is 33.1 Å². The third-order valence-electron chi connectivity index (χ3n) is 8.61. The summed E-state index contributed by atoms with van der Waals surface area (Å²) in [6.45, 7) is 10.2. The van der Waals surface area contributed by atoms with Crippen molar-refractivity contribution in [3.8, 4) is 33.6 Å². The van der Waals surface area contributed by atoms with E-state index in [1.807, 2.05) is 68.6 Å². The number of aryl methyl sites for hydroxylation is 3. The van der Waals surface area contributed by atoms with Crippen LogP contribution in [0.3, 0.4) is 0 Å². The summed E-state index contributed by atoms with van der Waals surface area (Å²) >= 11 is -1.72. The van der Waals surface area contributed by atoms with E-state index in [0.717, 1.165) is 55.6 Å². The van der Waals surface area contributed by atoms with Crippen LogP contribution in [0.2, 0.25) is 17.3 Å². The van der Waals surface area contributed by atoms with Crippen LogP contribution in [-0.4, -0.2) is 23.2 Å². The van der Waals surface area contributed by atoms with Crippen molar-refractivity contribution >= 4 is 39.6 Å². The number of benzene rings is 4. The van der Waals surface area contributed by atoms with Crippen LogP contribution in [0, 0.1) is 32.9 Å². The summed E-state index contributed by atoms with van der Waals surface area (Å²) in [6, 6.07) is 37.6. The fourth-order valence-corrected chi connectivity index (χ4v) is 8.32. The van der Waals surface area contributed by atoms with E-state index in [1.165, 1.54) is 26.6 Å². The number of rotatable bonds is 5. The Morgan fingerprint density at radius 2 is 1.54 bits per heavy atom. The summed E-state index contributed by atoms with van der Waals surface area (Å²) in [5.41, 5.74) is 12.5. The van der Waals surface area contributed by atoms with Crippen molar-refractivity contribution in [2.24, 2.45) is 0 Å². The molecule has 7 aromatic rings. The first-order chi connectivity index (χ1) is 22.8. The van der Waals surface area contributed by atoms with Gasteiger partial charge < -0.3 is 9.40 Å². The first-order valence-electron chi connectivity index (χ1n) is 16.7. The van der Waals surface area contributed by atoms with Gasteiger partial charge in [-0.05, 0) is 66.7 Å². The molecule has 245 valence electrons. The molecule has 0 N–H and O–H groups in total. The Hall–Kier alpha value is -3.83. The van der Waals surface area contributed by atoms with Gasteiger partial charge in [0.15, 0.2) is 0 Å². The van der Waals surface area contributed by atoms with Crippen molar-refractivity contribution in [3.63, 3.8) is 0 Å². The van der Waals surface area contributed by atoms with Crippen LogP contribution in [0.1, 0.15) is 43.4 Å². The second kappa shape index (κ2) is 14.7. The van der Waals surface area contributed by atoms with E-state index in [-0.39, 0.29) is 20.1 Å². The van der Waals surface area contributed by atoms with Gasteiger partial charge in [-0.25, -0.2) is 0 Å². The predicted octanol–water partition coefficient (Wildman–Crippen LogP) is 11.3. The molecule has 0 bridgehead atoms. The maximum atomic E-state index is 8.37. The molecule has 4 aromatic carbocycles. The molecule has 0 spiro atoms. The molecule has 0 atom stereocenters. The quantitative estimate of drug-likeness (QED) is 0.128. The Morgan fingerprint density at radius 1 is 0.771 bits per heavy atom. The van der Waals surface area contributed by atoms with Crippen molar-refractivity contribution in [1.29, 1.82) is 0 Å². The number of nitrogens with zero attached hydrogens (tertiary/aromatic N) is 2. The topological polar surface area (TPSA) is 38.9 Å². The fourth-order valence-electron chi connectivity index (χ4n) is 6.15. The summed E-state index contributed by atoms with van der Waals surface area (Å²) in [5, 5.41) is 2.13. The van der Waals surface area contributed by atoms with E-state index in [2.05, 4.69) is 103 Å². The van der Waals surface area contributed by atoms with Crippen molar-refractivity contribution in [1.82, 2.24) is 9.97 Å². The normalized spacial score (nSPS) is 11.9. The predicted molar refractivity (Wildman–Crippen MR) is 201 cm³/mol. The van der Waals surface area contributed by atoms with Gasteiger partial charge in [-0.2, -0.15) is 0 Å². The van der Waals surface area contributed by atoms with Crippen LogP contribution in [-0.2, 0) is 20.1 Å². The molecule has 0 aliphatic rings. The van der Waals surface area contributed by atoms with Gasteiger partial charge in [0.2, 0.25) is 0 Å². The van der Waals surface area contributed by atoms with E-state index in [4.69, 9.17) is 5.79 Å². The number of fused-ring (bicyclic) bond motifs is 3. The van der Waals surface area contributed by atoms with Gasteiger partial charge in [0.05, 0.1) is 5.58 Å². The van der Waals surface area contributed by atoms with Crippen molar-refractivity contribution < 1.29 is 25.9 Å². The second-order valence-electron chi connectivity index (χ2n) is 13.6. The van der Waals surface area contributed by atoms with Crippen molar-refractivity contribution in [3.05, 3.63) is 138 Å². The minimum absolute atomic E-state index is 0. The van der Waals surface area contributed by atoms with E-state index < -0.39 is 19.2 Å². The Bertz CT molecular complexity index is 2210. The van der Waals surface area contributed by atoms with Crippen LogP contribution in [0.15, 0.2) is 108 Å². The zero-order chi connectivity index (χ0) is 34.2. The van der Waals surface area contributed by atoms with Gasteiger partial charge in [-0.15, -0.1) is 18.2 Å². The maximum Gasteiger partial charge on any atom is 0 e. The molecule has 3 aromatic heterocycles. The molecule has 0 aliphatic carbocycles. The molecule has 0 fully saturated rings. The standard InChI is InChI=1S/C29H26NO.C14H16GeN.Ir/c1-17(2)21-11-12-30-26(15-21)25-8-6-7-24-23-10-9-22(16-27(23)31-29(24)25)28-19(4)13-18(3)14-20(28)5;1-15(2,3)13-9-10-14(16-11-13)12-7-5-4-6-8-12;/h6-7,9-17H,1-5H3;4-7,9-11H,1-3H3;/q2*-1;/i17D;;. The number of hydrogen-bond donors (Lipinski definition) is 0. The first-order valence-corrected chi connectivity index (χ1v) is 23.5. The molecule has 7 rings (SSSR count). The summed E-state index contributed by atoms with van der Waals surface area (Å²) in [4.78, 5) is 9.10. The maximum absolute atomic E-state index is 8.37. The Balaban J connectivity index is 0.000000233. The van der Waals surface area contributed by atoms with Gasteiger partial charge >= 0.3 is 99.8 Å². The minimum Gasteiger partial charge on any atom is 0 e. The largest absolute Gasteiger partial charge is 0 e. The van der Waals surface area contributed by atoms with Crippen LogP contribution in [0.5, 0.6) is 0 Å². The molecule has 5 heteroatoms. The minimum atomic E-state index is -1.72. The number of hydrogen-bond acceptors (Lipinski definition) is 3. The van der Waals surface area contributed by atoms with E-state index in [0.29, 0.717) is 0 Å². The second-order valence-corrected chi connectivity index (χ2v) is 24.2. The molecule has 0 amide bonds. The zero-order valence-electron chi connectivity index (χ0n) is 30.0. The van der Waals surface area contributed by atoms with Gasteiger partial charge in [0.25, 0.3) is 0 Å². The molecule has 0 saturated heterocycles. The summed E-state index contributed by atoms with van der Waals surface area (Å²) in [6.07, 6.45) is 3.80. The van der Waals surface area contributed by atoms with Crippen LogP contribution in [0.25, 0.3) is 55.6 Å². The Labute approximate surface area is 303 Å². The Kier molecular flexibility index (Phi) is 10.5. The van der Waals surface area contributed by atoms with Crippen molar-refractivity contribution in [2.75, 3.05) is 0 Å². The molecule has 1 radical (unpaired) electrons. The summed E-state index contributed by atoms with van der Waals surface area (Å²) < 4.78 is 16.2. The average Bonchev–Trinajstić information content (AvgIpc) is 3.42. The SMILES string of the molecule is [2H]C(C)(C)c1ccnc(-c2[c-]ccc3c2oc2cc(-c4c(C)cc(C)cc4C)ccc23)c1.[CH3][Ge]([CH3])([CH3])[c]1ccc(-c2[c-]cccc2)nc1.[Ir]. The molecule has 0 aliphatic heterocycles. The fraction of sp³-hybridized carbons (Fsp3) is 0.209. The van der Waals surface area contributed by atoms with Gasteiger partial charge in [0.1, 0.15) is 5.58 Å². The van der Waals surface area contributed by atoms with E-state index in [1.54, 1.807) is 6.20 Å². The van der Waals surface area contributed by atoms with E-state index in [9.17, 15) is 0 Å². The molecule has 0 saturated carbocycles. The third-order valence-corrected chi connectivity index (χ3v) is 12.9. The van der Waals surface area contributed by atoms with Gasteiger partial charge in [-0.1, -0.05) is 66.3 Å². The number of pyridine rings is 2. The van der Waals surface area contributed by atoms with Gasteiger partial charge in [-0.3, -0.25) is 0 Å². The third kappa shape index (κ3) is 7.57. The Morgan fingerprint density at radius 3 is 2.19 bits per heavy atom. The van der Waals surface area contributed by atoms with Crippen LogP contribution < -0.4 is 4.40 Å². The molecular formula is C43H42GeIrN2O-2. The zero-order valence-corrected chi connectivity index (χ0v) is 33.4. The molecule has 3 heterocycles. The molecular weight excluding hydrogens is 825 g/mol. The summed E-state index contributed by atoms with van der Waals surface area (Å²) in [7, 11) is 0. The van der Waals surface area contributed by atoms with Crippen LogP contribution in [0.4, 0.5) is 0 Å². The first kappa shape index (κ1) is 34.1. The van der Waals surface area contributed by atoms with E-state index >= 15 is 0 Å². The summed E-state index contributed by atoms with van der Waals surface area (Å²) in [5.74, 6) is 6.44.